The number of carbonyl (C=O) groups excluding carboxylic acids is 1. The Kier molecular flexibility index (Phi) is 5.91. The highest BCUT2D eigenvalue weighted by Gasteiger charge is 2.17. The Hall–Kier alpha value is -3.12. The van der Waals surface area contributed by atoms with Crippen molar-refractivity contribution in [3.63, 3.8) is 0 Å². The number of ether oxygens (including phenoxy) is 3. The summed E-state index contributed by atoms with van der Waals surface area (Å²) < 4.78 is 16.8. The van der Waals surface area contributed by atoms with Crippen LogP contribution in [-0.2, 0) is 9.53 Å². The SMILES string of the molecule is COc1ncccc1-c1ccc(OCC(=O)NCC2CCCO2)c2ccccc12. The van der Waals surface area contributed by atoms with Crippen LogP contribution in [0.2, 0.25) is 0 Å². The van der Waals surface area contributed by atoms with E-state index in [0.717, 1.165) is 41.3 Å². The highest BCUT2D eigenvalue weighted by atomic mass is 16.5. The first-order valence-electron chi connectivity index (χ1n) is 9.78. The van der Waals surface area contributed by atoms with Crippen molar-refractivity contribution < 1.29 is 19.0 Å². The molecule has 1 aliphatic heterocycles. The Balaban J connectivity index is 1.53. The number of hydrogen-bond donors (Lipinski definition) is 1. The fourth-order valence-corrected chi connectivity index (χ4v) is 3.62. The average Bonchev–Trinajstić information content (AvgIpc) is 3.29. The highest BCUT2D eigenvalue weighted by Crippen LogP contribution is 2.37. The molecule has 1 fully saturated rings. The summed E-state index contributed by atoms with van der Waals surface area (Å²) in [5, 5.41) is 4.82. The molecule has 2 aromatic carbocycles. The number of amides is 1. The number of nitrogens with zero attached hydrogens (tertiary/aromatic N) is 1. The first kappa shape index (κ1) is 19.2. The lowest BCUT2D eigenvalue weighted by molar-refractivity contribution is -0.123. The highest BCUT2D eigenvalue weighted by molar-refractivity contribution is 6.01. The minimum Gasteiger partial charge on any atom is -0.483 e. The van der Waals surface area contributed by atoms with Crippen LogP contribution in [0.1, 0.15) is 12.8 Å². The Morgan fingerprint density at radius 1 is 1.14 bits per heavy atom. The van der Waals surface area contributed by atoms with Gasteiger partial charge in [-0.1, -0.05) is 24.3 Å². The van der Waals surface area contributed by atoms with Gasteiger partial charge in [0.2, 0.25) is 5.88 Å². The van der Waals surface area contributed by atoms with Gasteiger partial charge in [0.1, 0.15) is 5.75 Å². The maximum atomic E-state index is 12.2. The molecular weight excluding hydrogens is 368 g/mol. The fraction of sp³-hybridized carbons (Fsp3) is 0.304. The number of nitrogens with one attached hydrogen (secondary N) is 1. The van der Waals surface area contributed by atoms with Crippen molar-refractivity contribution in [2.45, 2.75) is 18.9 Å². The van der Waals surface area contributed by atoms with E-state index in [2.05, 4.69) is 10.3 Å². The van der Waals surface area contributed by atoms with Crippen LogP contribution in [0.3, 0.4) is 0 Å². The summed E-state index contributed by atoms with van der Waals surface area (Å²) >= 11 is 0. The molecule has 1 saturated heterocycles. The Morgan fingerprint density at radius 2 is 2.00 bits per heavy atom. The lowest BCUT2D eigenvalue weighted by Gasteiger charge is -2.15. The van der Waals surface area contributed by atoms with Gasteiger partial charge >= 0.3 is 0 Å². The van der Waals surface area contributed by atoms with E-state index in [1.54, 1.807) is 13.3 Å². The molecule has 0 aliphatic carbocycles. The van der Waals surface area contributed by atoms with E-state index in [4.69, 9.17) is 14.2 Å². The molecule has 6 nitrogen and oxygen atoms in total. The first-order chi connectivity index (χ1) is 14.3. The Morgan fingerprint density at radius 3 is 2.79 bits per heavy atom. The van der Waals surface area contributed by atoms with Crippen molar-refractivity contribution in [2.24, 2.45) is 0 Å². The van der Waals surface area contributed by atoms with Crippen molar-refractivity contribution in [3.8, 4) is 22.8 Å². The Bertz CT molecular complexity index is 999. The predicted molar refractivity (Wildman–Crippen MR) is 111 cm³/mol. The van der Waals surface area contributed by atoms with E-state index < -0.39 is 0 Å². The number of carbonyl (C=O) groups is 1. The van der Waals surface area contributed by atoms with Gasteiger partial charge in [-0.15, -0.1) is 0 Å². The summed E-state index contributed by atoms with van der Waals surface area (Å²) in [7, 11) is 1.61. The van der Waals surface area contributed by atoms with Crippen LogP contribution in [0.15, 0.2) is 54.7 Å². The zero-order chi connectivity index (χ0) is 20.1. The van der Waals surface area contributed by atoms with Crippen LogP contribution in [0.5, 0.6) is 11.6 Å². The van der Waals surface area contributed by atoms with Crippen molar-refractivity contribution in [1.82, 2.24) is 10.3 Å². The van der Waals surface area contributed by atoms with Gasteiger partial charge in [0.25, 0.3) is 5.91 Å². The molecule has 1 aromatic heterocycles. The van der Waals surface area contributed by atoms with Gasteiger partial charge in [0.05, 0.1) is 13.2 Å². The number of rotatable bonds is 7. The summed E-state index contributed by atoms with van der Waals surface area (Å²) in [6, 6.07) is 15.7. The third-order valence-corrected chi connectivity index (χ3v) is 5.05. The molecule has 0 saturated carbocycles. The Labute approximate surface area is 169 Å². The second-order valence-corrected chi connectivity index (χ2v) is 6.94. The lowest BCUT2D eigenvalue weighted by atomic mass is 9.98. The van der Waals surface area contributed by atoms with Crippen LogP contribution < -0.4 is 14.8 Å². The molecule has 1 N–H and O–H groups in total. The van der Waals surface area contributed by atoms with Crippen molar-refractivity contribution >= 4 is 16.7 Å². The normalized spacial score (nSPS) is 16.0. The molecule has 0 bridgehead atoms. The molecule has 29 heavy (non-hydrogen) atoms. The second-order valence-electron chi connectivity index (χ2n) is 6.94. The van der Waals surface area contributed by atoms with Crippen LogP contribution in [-0.4, -0.2) is 43.9 Å². The van der Waals surface area contributed by atoms with Gasteiger partial charge in [0.15, 0.2) is 6.61 Å². The van der Waals surface area contributed by atoms with E-state index >= 15 is 0 Å². The van der Waals surface area contributed by atoms with Gasteiger partial charge in [-0.25, -0.2) is 4.98 Å². The molecule has 2 heterocycles. The van der Waals surface area contributed by atoms with Gasteiger partial charge in [-0.05, 0) is 48.1 Å². The molecular formula is C23H24N2O4. The molecule has 3 aromatic rings. The topological polar surface area (TPSA) is 69.7 Å². The number of pyridine rings is 1. The zero-order valence-corrected chi connectivity index (χ0v) is 16.4. The van der Waals surface area contributed by atoms with E-state index in [9.17, 15) is 4.79 Å². The molecule has 0 spiro atoms. The van der Waals surface area contributed by atoms with Gasteiger partial charge in [0, 0.05) is 30.3 Å². The fourth-order valence-electron chi connectivity index (χ4n) is 3.62. The van der Waals surface area contributed by atoms with Crippen molar-refractivity contribution in [3.05, 3.63) is 54.7 Å². The quantitative estimate of drug-likeness (QED) is 0.666. The third kappa shape index (κ3) is 4.32. The summed E-state index contributed by atoms with van der Waals surface area (Å²) in [5.41, 5.74) is 1.91. The number of hydrogen-bond acceptors (Lipinski definition) is 5. The summed E-state index contributed by atoms with van der Waals surface area (Å²) in [6.45, 7) is 1.27. The van der Waals surface area contributed by atoms with Crippen LogP contribution in [0, 0.1) is 0 Å². The van der Waals surface area contributed by atoms with E-state index in [0.29, 0.717) is 18.2 Å². The molecule has 6 heteroatoms. The predicted octanol–water partition coefficient (Wildman–Crippen LogP) is 3.58. The van der Waals surface area contributed by atoms with Crippen LogP contribution >= 0.6 is 0 Å². The van der Waals surface area contributed by atoms with E-state index in [1.165, 1.54) is 0 Å². The molecule has 1 atom stereocenters. The third-order valence-electron chi connectivity index (χ3n) is 5.05. The van der Waals surface area contributed by atoms with E-state index in [-0.39, 0.29) is 18.6 Å². The number of aromatic nitrogens is 1. The summed E-state index contributed by atoms with van der Waals surface area (Å²) in [6.07, 6.45) is 3.87. The average molecular weight is 392 g/mol. The summed E-state index contributed by atoms with van der Waals surface area (Å²) in [5.74, 6) is 1.09. The molecule has 150 valence electrons. The van der Waals surface area contributed by atoms with Gasteiger partial charge < -0.3 is 19.5 Å². The maximum absolute atomic E-state index is 12.2. The smallest absolute Gasteiger partial charge is 0.258 e. The van der Waals surface area contributed by atoms with Gasteiger partial charge in [-0.2, -0.15) is 0 Å². The molecule has 1 aliphatic rings. The number of methoxy groups -OCH3 is 1. The standard InChI is InChI=1S/C23H24N2O4/c1-27-23-20(9-4-12-24-23)18-10-11-21(19-8-3-2-7-17(18)19)29-15-22(26)25-14-16-6-5-13-28-16/h2-4,7-12,16H,5-6,13-15H2,1H3,(H,25,26). The first-order valence-corrected chi connectivity index (χ1v) is 9.78. The zero-order valence-electron chi connectivity index (χ0n) is 16.4. The molecule has 1 unspecified atom stereocenters. The largest absolute Gasteiger partial charge is 0.483 e. The molecule has 0 radical (unpaired) electrons. The molecule has 4 rings (SSSR count). The van der Waals surface area contributed by atoms with Crippen LogP contribution in [0.25, 0.3) is 21.9 Å². The monoisotopic (exact) mass is 392 g/mol. The lowest BCUT2D eigenvalue weighted by Crippen LogP contribution is -2.35. The number of benzene rings is 2. The van der Waals surface area contributed by atoms with Gasteiger partial charge in [-0.3, -0.25) is 4.79 Å². The number of fused-ring (bicyclic) bond motifs is 1. The van der Waals surface area contributed by atoms with Crippen molar-refractivity contribution in [2.75, 3.05) is 26.9 Å². The summed E-state index contributed by atoms with van der Waals surface area (Å²) in [4.78, 5) is 16.5. The second kappa shape index (κ2) is 8.92. The van der Waals surface area contributed by atoms with E-state index in [1.807, 2.05) is 48.5 Å². The minimum atomic E-state index is -0.150. The minimum absolute atomic E-state index is 0.0354. The van der Waals surface area contributed by atoms with Crippen molar-refractivity contribution in [1.29, 1.82) is 0 Å². The maximum Gasteiger partial charge on any atom is 0.258 e. The van der Waals surface area contributed by atoms with Crippen LogP contribution in [0.4, 0.5) is 0 Å². The molecule has 1 amide bonds.